The quantitative estimate of drug-likeness (QED) is 0.769. The molecule has 5 heteroatoms. The normalized spacial score (nSPS) is 12.7. The van der Waals surface area contributed by atoms with Gasteiger partial charge < -0.3 is 10.3 Å². The standard InChI is InChI=1S/C9H13N5/c1-7(9-10-3-4-11-9)13-8-5-12-14(2)6-8/h3-7,13H,1-2H3,(H,10,11). The Morgan fingerprint density at radius 3 is 3.00 bits per heavy atom. The van der Waals surface area contributed by atoms with Crippen molar-refractivity contribution in [3.8, 4) is 0 Å². The number of aromatic amines is 1. The Bertz CT molecular complexity index is 389. The molecule has 2 rings (SSSR count). The average Bonchev–Trinajstić information content (AvgIpc) is 2.75. The van der Waals surface area contributed by atoms with Gasteiger partial charge in [-0.05, 0) is 6.92 Å². The van der Waals surface area contributed by atoms with Crippen LogP contribution >= 0.6 is 0 Å². The molecule has 0 saturated carbocycles. The first-order chi connectivity index (χ1) is 6.75. The summed E-state index contributed by atoms with van der Waals surface area (Å²) in [5.41, 5.74) is 0.997. The molecule has 0 saturated heterocycles. The molecule has 74 valence electrons. The number of nitrogens with one attached hydrogen (secondary N) is 2. The van der Waals surface area contributed by atoms with E-state index in [-0.39, 0.29) is 6.04 Å². The van der Waals surface area contributed by atoms with Crippen LogP contribution in [0.1, 0.15) is 18.8 Å². The maximum Gasteiger partial charge on any atom is 0.128 e. The van der Waals surface area contributed by atoms with E-state index < -0.39 is 0 Å². The van der Waals surface area contributed by atoms with Gasteiger partial charge in [0.25, 0.3) is 0 Å². The third-order valence-corrected chi connectivity index (χ3v) is 2.02. The summed E-state index contributed by atoms with van der Waals surface area (Å²) in [6, 6.07) is 0.161. The Labute approximate surface area is 82.2 Å². The first kappa shape index (κ1) is 8.80. The van der Waals surface area contributed by atoms with Crippen LogP contribution in [0.25, 0.3) is 0 Å². The number of imidazole rings is 1. The van der Waals surface area contributed by atoms with Crippen LogP contribution in [0.2, 0.25) is 0 Å². The lowest BCUT2D eigenvalue weighted by atomic mass is 10.3. The highest BCUT2D eigenvalue weighted by atomic mass is 15.3. The largest absolute Gasteiger partial charge is 0.373 e. The SMILES string of the molecule is CC(Nc1cnn(C)c1)c1ncc[nH]1. The van der Waals surface area contributed by atoms with Crippen molar-refractivity contribution in [2.24, 2.45) is 7.05 Å². The molecule has 2 heterocycles. The molecule has 0 spiro atoms. The summed E-state index contributed by atoms with van der Waals surface area (Å²) < 4.78 is 1.76. The molecule has 0 fully saturated rings. The van der Waals surface area contributed by atoms with Gasteiger partial charge in [0.15, 0.2) is 0 Å². The van der Waals surface area contributed by atoms with Crippen LogP contribution in [0.15, 0.2) is 24.8 Å². The van der Waals surface area contributed by atoms with Gasteiger partial charge in [-0.3, -0.25) is 4.68 Å². The fourth-order valence-electron chi connectivity index (χ4n) is 1.33. The number of nitrogens with zero attached hydrogens (tertiary/aromatic N) is 3. The van der Waals surface area contributed by atoms with Gasteiger partial charge in [-0.25, -0.2) is 4.98 Å². The van der Waals surface area contributed by atoms with E-state index in [2.05, 4.69) is 20.4 Å². The number of aromatic nitrogens is 4. The molecule has 1 atom stereocenters. The molecule has 0 aromatic carbocycles. The molecule has 0 aliphatic rings. The second-order valence-corrected chi connectivity index (χ2v) is 3.24. The van der Waals surface area contributed by atoms with Crippen molar-refractivity contribution in [1.82, 2.24) is 19.7 Å². The highest BCUT2D eigenvalue weighted by Crippen LogP contribution is 2.14. The third kappa shape index (κ3) is 1.76. The van der Waals surface area contributed by atoms with E-state index in [4.69, 9.17) is 0 Å². The smallest absolute Gasteiger partial charge is 0.128 e. The maximum atomic E-state index is 4.17. The van der Waals surface area contributed by atoms with Crippen molar-refractivity contribution in [2.45, 2.75) is 13.0 Å². The molecule has 0 amide bonds. The molecule has 0 radical (unpaired) electrons. The van der Waals surface area contributed by atoms with Gasteiger partial charge in [-0.2, -0.15) is 5.10 Å². The molecule has 2 aromatic rings. The minimum absolute atomic E-state index is 0.161. The van der Waals surface area contributed by atoms with Crippen molar-refractivity contribution in [1.29, 1.82) is 0 Å². The summed E-state index contributed by atoms with van der Waals surface area (Å²) in [5.74, 6) is 0.925. The zero-order chi connectivity index (χ0) is 9.97. The molecule has 0 aliphatic heterocycles. The fourth-order valence-corrected chi connectivity index (χ4v) is 1.33. The summed E-state index contributed by atoms with van der Waals surface area (Å²) in [7, 11) is 1.89. The minimum Gasteiger partial charge on any atom is -0.373 e. The van der Waals surface area contributed by atoms with Crippen LogP contribution in [0.3, 0.4) is 0 Å². The van der Waals surface area contributed by atoms with Crippen LogP contribution in [-0.4, -0.2) is 19.7 Å². The second kappa shape index (κ2) is 3.53. The summed E-state index contributed by atoms with van der Waals surface area (Å²) in [5, 5.41) is 7.36. The minimum atomic E-state index is 0.161. The Balaban J connectivity index is 2.05. The number of hydrogen-bond donors (Lipinski definition) is 2. The summed E-state index contributed by atoms with van der Waals surface area (Å²) in [6.07, 6.45) is 7.28. The molecular weight excluding hydrogens is 178 g/mol. The van der Waals surface area contributed by atoms with Gasteiger partial charge in [-0.15, -0.1) is 0 Å². The van der Waals surface area contributed by atoms with Gasteiger partial charge in [0.1, 0.15) is 5.82 Å². The highest BCUT2D eigenvalue weighted by Gasteiger charge is 2.07. The second-order valence-electron chi connectivity index (χ2n) is 3.24. The Hall–Kier alpha value is -1.78. The van der Waals surface area contributed by atoms with Crippen LogP contribution < -0.4 is 5.32 Å². The van der Waals surface area contributed by atoms with Gasteiger partial charge in [0.05, 0.1) is 17.9 Å². The van der Waals surface area contributed by atoms with E-state index in [1.54, 1.807) is 17.1 Å². The van der Waals surface area contributed by atoms with E-state index in [1.165, 1.54) is 0 Å². The Morgan fingerprint density at radius 2 is 2.43 bits per heavy atom. The monoisotopic (exact) mass is 191 g/mol. The van der Waals surface area contributed by atoms with E-state index in [0.29, 0.717) is 0 Å². The predicted molar refractivity (Wildman–Crippen MR) is 53.8 cm³/mol. The molecule has 2 N–H and O–H groups in total. The lowest BCUT2D eigenvalue weighted by Gasteiger charge is -2.10. The van der Waals surface area contributed by atoms with Crippen molar-refractivity contribution >= 4 is 5.69 Å². The summed E-state index contributed by atoms with van der Waals surface area (Å²) in [6.45, 7) is 2.05. The molecule has 1 unspecified atom stereocenters. The summed E-state index contributed by atoms with van der Waals surface area (Å²) in [4.78, 5) is 7.24. The zero-order valence-corrected chi connectivity index (χ0v) is 8.23. The molecular formula is C9H13N5. The lowest BCUT2D eigenvalue weighted by molar-refractivity contribution is 0.767. The first-order valence-corrected chi connectivity index (χ1v) is 4.50. The molecule has 2 aromatic heterocycles. The van der Waals surface area contributed by atoms with E-state index >= 15 is 0 Å². The van der Waals surface area contributed by atoms with Crippen LogP contribution in [0.4, 0.5) is 5.69 Å². The number of H-pyrrole nitrogens is 1. The molecule has 0 bridgehead atoms. The number of aryl methyl sites for hydroxylation is 1. The zero-order valence-electron chi connectivity index (χ0n) is 8.23. The predicted octanol–water partition coefficient (Wildman–Crippen LogP) is 1.32. The van der Waals surface area contributed by atoms with Crippen molar-refractivity contribution in [3.63, 3.8) is 0 Å². The molecule has 0 aliphatic carbocycles. The van der Waals surface area contributed by atoms with Crippen LogP contribution in [0, 0.1) is 0 Å². The first-order valence-electron chi connectivity index (χ1n) is 4.50. The average molecular weight is 191 g/mol. The van der Waals surface area contributed by atoms with E-state index in [1.807, 2.05) is 26.4 Å². The highest BCUT2D eigenvalue weighted by molar-refractivity contribution is 5.39. The van der Waals surface area contributed by atoms with E-state index in [9.17, 15) is 0 Å². The van der Waals surface area contributed by atoms with Crippen LogP contribution in [0.5, 0.6) is 0 Å². The van der Waals surface area contributed by atoms with Gasteiger partial charge in [0.2, 0.25) is 0 Å². The lowest BCUT2D eigenvalue weighted by Crippen LogP contribution is -2.07. The topological polar surface area (TPSA) is 58.5 Å². The maximum absolute atomic E-state index is 4.17. The van der Waals surface area contributed by atoms with Gasteiger partial charge >= 0.3 is 0 Å². The van der Waals surface area contributed by atoms with Gasteiger partial charge in [-0.1, -0.05) is 0 Å². The Kier molecular flexibility index (Phi) is 2.22. The number of anilines is 1. The van der Waals surface area contributed by atoms with Crippen LogP contribution in [-0.2, 0) is 7.05 Å². The molecule has 5 nitrogen and oxygen atoms in total. The third-order valence-electron chi connectivity index (χ3n) is 2.02. The molecule has 14 heavy (non-hydrogen) atoms. The number of hydrogen-bond acceptors (Lipinski definition) is 3. The van der Waals surface area contributed by atoms with Gasteiger partial charge in [0, 0.05) is 25.6 Å². The fraction of sp³-hybridized carbons (Fsp3) is 0.333. The van der Waals surface area contributed by atoms with Crippen molar-refractivity contribution in [2.75, 3.05) is 5.32 Å². The Morgan fingerprint density at radius 1 is 1.57 bits per heavy atom. The van der Waals surface area contributed by atoms with Crippen molar-refractivity contribution < 1.29 is 0 Å². The van der Waals surface area contributed by atoms with E-state index in [0.717, 1.165) is 11.5 Å². The van der Waals surface area contributed by atoms with Crippen molar-refractivity contribution in [3.05, 3.63) is 30.6 Å². The summed E-state index contributed by atoms with van der Waals surface area (Å²) >= 11 is 0. The number of rotatable bonds is 3.